The van der Waals surface area contributed by atoms with E-state index in [4.69, 9.17) is 0 Å². The van der Waals surface area contributed by atoms with Crippen LogP contribution in [0.1, 0.15) is 50.3 Å². The van der Waals surface area contributed by atoms with E-state index in [-0.39, 0.29) is 11.9 Å². The van der Waals surface area contributed by atoms with Gasteiger partial charge in [-0.25, -0.2) is 4.68 Å². The smallest absolute Gasteiger partial charge is 0.280 e. The van der Waals surface area contributed by atoms with Crippen molar-refractivity contribution in [3.8, 4) is 0 Å². The van der Waals surface area contributed by atoms with Gasteiger partial charge in [-0.15, -0.1) is 0 Å². The number of carbonyl (C=O) groups is 1. The highest BCUT2D eigenvalue weighted by Crippen LogP contribution is 2.31. The van der Waals surface area contributed by atoms with Gasteiger partial charge in [-0.3, -0.25) is 4.79 Å². The Bertz CT molecular complexity index is 921. The third-order valence-corrected chi connectivity index (χ3v) is 5.58. The van der Waals surface area contributed by atoms with E-state index in [2.05, 4.69) is 65.1 Å². The fourth-order valence-electron chi connectivity index (χ4n) is 4.11. The van der Waals surface area contributed by atoms with E-state index >= 15 is 0 Å². The third kappa shape index (κ3) is 3.88. The summed E-state index contributed by atoms with van der Waals surface area (Å²) in [4.78, 5) is 12.5. The summed E-state index contributed by atoms with van der Waals surface area (Å²) in [6.07, 6.45) is 6.56. The molecular weight excluding hydrogens is 336 g/mol. The maximum absolute atomic E-state index is 12.5. The summed E-state index contributed by atoms with van der Waals surface area (Å²) < 4.78 is 1.99. The number of nitrogens with zero attached hydrogens (tertiary/aromatic N) is 2. The van der Waals surface area contributed by atoms with E-state index in [0.717, 1.165) is 18.7 Å². The molecule has 1 amide bonds. The highest BCUT2D eigenvalue weighted by molar-refractivity contribution is 5.90. The lowest BCUT2D eigenvalue weighted by atomic mass is 10.00. The number of hydrogen-bond donors (Lipinski definition) is 2. The van der Waals surface area contributed by atoms with Crippen LogP contribution >= 0.6 is 0 Å². The molecule has 27 heavy (non-hydrogen) atoms. The summed E-state index contributed by atoms with van der Waals surface area (Å²) in [5.41, 5.74) is 1.26. The van der Waals surface area contributed by atoms with Crippen LogP contribution in [-0.4, -0.2) is 22.2 Å². The number of amides is 1. The molecule has 4 rings (SSSR count). The summed E-state index contributed by atoms with van der Waals surface area (Å²) in [5, 5.41) is 12.0. The molecule has 0 unspecified atom stereocenters. The van der Waals surface area contributed by atoms with Crippen molar-refractivity contribution in [1.82, 2.24) is 9.78 Å². The van der Waals surface area contributed by atoms with Gasteiger partial charge in [0.1, 0.15) is 11.9 Å². The highest BCUT2D eigenvalue weighted by atomic mass is 16.2. The fraction of sp³-hybridized carbons (Fsp3) is 0.364. The minimum Gasteiger partial charge on any atom is -0.332 e. The molecule has 1 aliphatic carbocycles. The van der Waals surface area contributed by atoms with Crippen molar-refractivity contribution in [2.45, 2.75) is 44.7 Å². The Morgan fingerprint density at radius 2 is 1.96 bits per heavy atom. The van der Waals surface area contributed by atoms with E-state index in [1.807, 2.05) is 10.7 Å². The second-order valence-electron chi connectivity index (χ2n) is 7.44. The Kier molecular flexibility index (Phi) is 5.21. The van der Waals surface area contributed by atoms with Crippen molar-refractivity contribution in [2.75, 3.05) is 11.9 Å². The predicted octanol–water partition coefficient (Wildman–Crippen LogP) is 3.41. The highest BCUT2D eigenvalue weighted by Gasteiger charge is 2.21. The lowest BCUT2D eigenvalue weighted by Crippen LogP contribution is -2.86. The zero-order valence-corrected chi connectivity index (χ0v) is 15.8. The van der Waals surface area contributed by atoms with Gasteiger partial charge in [-0.1, -0.05) is 55.3 Å². The van der Waals surface area contributed by atoms with Crippen molar-refractivity contribution in [2.24, 2.45) is 0 Å². The van der Waals surface area contributed by atoms with Gasteiger partial charge < -0.3 is 10.6 Å². The molecule has 1 saturated carbocycles. The number of benzene rings is 2. The monoisotopic (exact) mass is 363 g/mol. The van der Waals surface area contributed by atoms with Gasteiger partial charge >= 0.3 is 0 Å². The Labute approximate surface area is 159 Å². The first-order valence-corrected chi connectivity index (χ1v) is 9.87. The molecule has 3 N–H and O–H groups in total. The Hall–Kier alpha value is -2.66. The van der Waals surface area contributed by atoms with Crippen LogP contribution in [0, 0.1) is 0 Å². The molecule has 1 heterocycles. The zero-order chi connectivity index (χ0) is 18.6. The molecule has 0 spiro atoms. The van der Waals surface area contributed by atoms with Crippen LogP contribution in [0.4, 0.5) is 5.82 Å². The van der Waals surface area contributed by atoms with E-state index in [0.29, 0.717) is 12.6 Å². The van der Waals surface area contributed by atoms with Gasteiger partial charge in [0.05, 0.1) is 12.2 Å². The van der Waals surface area contributed by atoms with Crippen LogP contribution in [0.3, 0.4) is 0 Å². The number of aromatic nitrogens is 2. The number of carbonyl (C=O) groups excluding carboxylic acids is 1. The topological polar surface area (TPSA) is 63.5 Å². The van der Waals surface area contributed by atoms with Crippen molar-refractivity contribution < 1.29 is 10.1 Å². The maximum Gasteiger partial charge on any atom is 0.280 e. The summed E-state index contributed by atoms with van der Waals surface area (Å²) in [7, 11) is 0. The molecule has 0 radical (unpaired) electrons. The molecule has 1 aliphatic rings. The van der Waals surface area contributed by atoms with Crippen LogP contribution in [-0.2, 0) is 4.79 Å². The van der Waals surface area contributed by atoms with E-state index in [9.17, 15) is 4.79 Å². The molecule has 140 valence electrons. The summed E-state index contributed by atoms with van der Waals surface area (Å²) >= 11 is 0. The first-order chi connectivity index (χ1) is 13.2. The van der Waals surface area contributed by atoms with E-state index in [1.165, 1.54) is 29.2 Å². The molecule has 1 aromatic heterocycles. The van der Waals surface area contributed by atoms with E-state index < -0.39 is 0 Å². The van der Waals surface area contributed by atoms with Gasteiger partial charge in [0, 0.05) is 11.6 Å². The van der Waals surface area contributed by atoms with Gasteiger partial charge in [-0.05, 0) is 30.5 Å². The molecule has 5 heteroatoms. The van der Waals surface area contributed by atoms with Gasteiger partial charge in [-0.2, -0.15) is 5.10 Å². The van der Waals surface area contributed by atoms with Crippen LogP contribution in [0.15, 0.2) is 54.7 Å². The van der Waals surface area contributed by atoms with Crippen molar-refractivity contribution in [3.05, 3.63) is 60.3 Å². The minimum absolute atomic E-state index is 0.0156. The SMILES string of the molecule is C[C@@H]([NH2+]CC(=O)Nc1ccnn1C1CCCC1)c1cccc2ccccc12. The molecule has 5 nitrogen and oxygen atoms in total. The summed E-state index contributed by atoms with van der Waals surface area (Å²) in [6.45, 7) is 2.54. The third-order valence-electron chi connectivity index (χ3n) is 5.58. The molecule has 0 aliphatic heterocycles. The van der Waals surface area contributed by atoms with Crippen molar-refractivity contribution in [3.63, 3.8) is 0 Å². The fourth-order valence-corrected chi connectivity index (χ4v) is 4.11. The second-order valence-corrected chi connectivity index (χ2v) is 7.44. The van der Waals surface area contributed by atoms with Crippen LogP contribution in [0.25, 0.3) is 10.8 Å². The van der Waals surface area contributed by atoms with Crippen molar-refractivity contribution in [1.29, 1.82) is 0 Å². The van der Waals surface area contributed by atoms with Crippen molar-refractivity contribution >= 4 is 22.5 Å². The second kappa shape index (κ2) is 7.92. The predicted molar refractivity (Wildman–Crippen MR) is 108 cm³/mol. The number of hydrogen-bond acceptors (Lipinski definition) is 2. The number of rotatable bonds is 6. The van der Waals surface area contributed by atoms with Gasteiger partial charge in [0.2, 0.25) is 0 Å². The molecule has 0 saturated heterocycles. The number of anilines is 1. The first kappa shape index (κ1) is 17.7. The Balaban J connectivity index is 1.39. The molecular formula is C22H27N4O+. The van der Waals surface area contributed by atoms with Gasteiger partial charge in [0.25, 0.3) is 5.91 Å². The lowest BCUT2D eigenvalue weighted by Gasteiger charge is -2.16. The van der Waals surface area contributed by atoms with Crippen LogP contribution < -0.4 is 10.6 Å². The van der Waals surface area contributed by atoms with Crippen LogP contribution in [0.5, 0.6) is 0 Å². The average molecular weight is 363 g/mol. The Morgan fingerprint density at radius 1 is 1.19 bits per heavy atom. The number of nitrogens with one attached hydrogen (secondary N) is 1. The quantitative estimate of drug-likeness (QED) is 0.705. The Morgan fingerprint density at radius 3 is 2.81 bits per heavy atom. The molecule has 2 aromatic carbocycles. The first-order valence-electron chi connectivity index (χ1n) is 9.87. The minimum atomic E-state index is 0.0156. The summed E-state index contributed by atoms with van der Waals surface area (Å²) in [6, 6.07) is 17.3. The molecule has 0 bridgehead atoms. The normalized spacial score (nSPS) is 15.9. The maximum atomic E-state index is 12.5. The van der Waals surface area contributed by atoms with Gasteiger partial charge in [0.15, 0.2) is 6.54 Å². The zero-order valence-electron chi connectivity index (χ0n) is 15.8. The molecule has 1 fully saturated rings. The molecule has 3 aromatic rings. The largest absolute Gasteiger partial charge is 0.332 e. The summed E-state index contributed by atoms with van der Waals surface area (Å²) in [5.74, 6) is 0.833. The van der Waals surface area contributed by atoms with Crippen LogP contribution in [0.2, 0.25) is 0 Å². The number of fused-ring (bicyclic) bond motifs is 1. The number of nitrogens with two attached hydrogens (primary N) is 1. The average Bonchev–Trinajstić information content (AvgIpc) is 3.37. The van der Waals surface area contributed by atoms with E-state index in [1.54, 1.807) is 6.20 Å². The standard InChI is InChI=1S/C22H26N4O/c1-16(19-12-6-8-17-7-2-5-11-20(17)19)23-15-22(27)25-21-13-14-24-26(21)18-9-3-4-10-18/h2,5-8,11-14,16,18,23H,3-4,9-10,15H2,1H3,(H,25,27)/p+1/t16-/m1/s1. The number of quaternary nitrogens is 1. The molecule has 1 atom stereocenters. The lowest BCUT2D eigenvalue weighted by molar-refractivity contribution is -0.682.